The van der Waals surface area contributed by atoms with Crippen LogP contribution in [0.15, 0.2) is 15.9 Å². The number of halogens is 1. The molecule has 0 spiro atoms. The summed E-state index contributed by atoms with van der Waals surface area (Å²) in [6, 6.07) is 3.57. The van der Waals surface area contributed by atoms with Crippen molar-refractivity contribution in [3.63, 3.8) is 0 Å². The fourth-order valence-electron chi connectivity index (χ4n) is 2.35. The molecule has 0 aliphatic carbocycles. The molecule has 6 nitrogen and oxygen atoms in total. The lowest BCUT2D eigenvalue weighted by atomic mass is 10.2. The summed E-state index contributed by atoms with van der Waals surface area (Å²) in [6.45, 7) is 2.64. The number of nitrogens with one attached hydrogen (secondary N) is 1. The molecule has 1 aliphatic heterocycles. The van der Waals surface area contributed by atoms with Gasteiger partial charge in [-0.1, -0.05) is 0 Å². The predicted molar refractivity (Wildman–Crippen MR) is 96.4 cm³/mol. The second kappa shape index (κ2) is 10.1. The maximum absolute atomic E-state index is 12.1. The minimum absolute atomic E-state index is 0.0467. The Balaban J connectivity index is 1.54. The zero-order valence-corrected chi connectivity index (χ0v) is 16.2. The Morgan fingerprint density at radius 3 is 3.00 bits per heavy atom. The number of ether oxygens (including phenoxy) is 2. The number of carbonyl (C=O) groups is 2. The second-order valence-electron chi connectivity index (χ2n) is 5.68. The molecule has 0 aromatic carbocycles. The van der Waals surface area contributed by atoms with Crippen molar-refractivity contribution in [2.75, 3.05) is 40.0 Å². The van der Waals surface area contributed by atoms with E-state index < -0.39 is 0 Å². The van der Waals surface area contributed by atoms with Crippen LogP contribution in [0.25, 0.3) is 0 Å². The number of carbonyl (C=O) groups excluding carboxylic acids is 2. The van der Waals surface area contributed by atoms with Gasteiger partial charge in [0.25, 0.3) is 5.91 Å². The number of hydrogen-bond acceptors (Lipinski definition) is 5. The van der Waals surface area contributed by atoms with E-state index in [0.29, 0.717) is 24.6 Å². The van der Waals surface area contributed by atoms with Gasteiger partial charge in [0.05, 0.1) is 27.9 Å². The van der Waals surface area contributed by atoms with E-state index in [2.05, 4.69) is 21.2 Å². The molecule has 24 heavy (non-hydrogen) atoms. The summed E-state index contributed by atoms with van der Waals surface area (Å²) in [4.78, 5) is 26.0. The van der Waals surface area contributed by atoms with Crippen LogP contribution >= 0.6 is 27.3 Å². The number of nitrogens with zero attached hydrogens (tertiary/aromatic N) is 1. The summed E-state index contributed by atoms with van der Waals surface area (Å²) in [5.41, 5.74) is 0. The van der Waals surface area contributed by atoms with Gasteiger partial charge in [-0.25, -0.2) is 0 Å². The molecule has 1 N–H and O–H groups in total. The van der Waals surface area contributed by atoms with Gasteiger partial charge in [0.15, 0.2) is 0 Å². The highest BCUT2D eigenvalue weighted by Gasteiger charge is 2.17. The monoisotopic (exact) mass is 418 g/mol. The van der Waals surface area contributed by atoms with Crippen molar-refractivity contribution in [3.05, 3.63) is 20.8 Å². The van der Waals surface area contributed by atoms with Gasteiger partial charge < -0.3 is 19.7 Å². The topological polar surface area (TPSA) is 67.9 Å². The molecule has 0 bridgehead atoms. The fraction of sp³-hybridized carbons (Fsp3) is 0.625. The Kier molecular flexibility index (Phi) is 8.17. The van der Waals surface area contributed by atoms with E-state index in [0.717, 1.165) is 29.7 Å². The molecule has 1 fully saturated rings. The summed E-state index contributed by atoms with van der Waals surface area (Å²) in [5.74, 6) is -0.318. The van der Waals surface area contributed by atoms with Crippen molar-refractivity contribution in [2.24, 2.45) is 0 Å². The molecule has 2 amide bonds. The van der Waals surface area contributed by atoms with Crippen molar-refractivity contribution in [1.82, 2.24) is 10.2 Å². The molecule has 1 aromatic heterocycles. The minimum atomic E-state index is -0.166. The van der Waals surface area contributed by atoms with Crippen molar-refractivity contribution in [2.45, 2.75) is 25.4 Å². The van der Waals surface area contributed by atoms with Crippen LogP contribution in [0.5, 0.6) is 0 Å². The SMILES string of the molecule is CN(CC(=O)NCCCOCC1CCCO1)C(=O)c1ccc(Br)s1. The van der Waals surface area contributed by atoms with Gasteiger partial charge in [-0.15, -0.1) is 11.3 Å². The molecule has 2 rings (SSSR count). The molecule has 8 heteroatoms. The molecular weight excluding hydrogens is 396 g/mol. The van der Waals surface area contributed by atoms with Crippen LogP contribution in [-0.2, 0) is 14.3 Å². The summed E-state index contributed by atoms with van der Waals surface area (Å²) in [5, 5.41) is 2.80. The van der Waals surface area contributed by atoms with Gasteiger partial charge in [0, 0.05) is 26.8 Å². The van der Waals surface area contributed by atoms with Gasteiger partial charge in [-0.3, -0.25) is 9.59 Å². The zero-order valence-electron chi connectivity index (χ0n) is 13.8. The minimum Gasteiger partial charge on any atom is -0.379 e. The lowest BCUT2D eigenvalue weighted by Crippen LogP contribution is -2.38. The first kappa shape index (κ1) is 19.4. The number of amides is 2. The van der Waals surface area contributed by atoms with E-state index in [-0.39, 0.29) is 24.5 Å². The summed E-state index contributed by atoms with van der Waals surface area (Å²) >= 11 is 4.68. The Labute approximate surface area is 154 Å². The van der Waals surface area contributed by atoms with E-state index >= 15 is 0 Å². The molecule has 134 valence electrons. The van der Waals surface area contributed by atoms with E-state index in [4.69, 9.17) is 9.47 Å². The molecule has 2 heterocycles. The Morgan fingerprint density at radius 1 is 1.50 bits per heavy atom. The van der Waals surface area contributed by atoms with Crippen LogP contribution < -0.4 is 5.32 Å². The third-order valence-corrected chi connectivity index (χ3v) is 5.24. The van der Waals surface area contributed by atoms with E-state index in [1.54, 1.807) is 13.1 Å². The standard InChI is InChI=1S/C16H23BrN2O4S/c1-19(16(21)13-5-6-14(17)24-13)10-15(20)18-7-3-8-22-11-12-4-2-9-23-12/h5-6,12H,2-4,7-11H2,1H3,(H,18,20). The third kappa shape index (κ3) is 6.51. The highest BCUT2D eigenvalue weighted by molar-refractivity contribution is 9.11. The molecule has 1 atom stereocenters. The molecule has 1 aliphatic rings. The van der Waals surface area contributed by atoms with Crippen molar-refractivity contribution < 1.29 is 19.1 Å². The van der Waals surface area contributed by atoms with Crippen LogP contribution in [0, 0.1) is 0 Å². The number of thiophene rings is 1. The Bertz CT molecular complexity index is 546. The van der Waals surface area contributed by atoms with Crippen LogP contribution in [0.3, 0.4) is 0 Å². The van der Waals surface area contributed by atoms with Gasteiger partial charge >= 0.3 is 0 Å². The van der Waals surface area contributed by atoms with Gasteiger partial charge in [0.1, 0.15) is 0 Å². The molecule has 1 saturated heterocycles. The molecule has 0 radical (unpaired) electrons. The first-order valence-electron chi connectivity index (χ1n) is 8.03. The van der Waals surface area contributed by atoms with Gasteiger partial charge in [-0.2, -0.15) is 0 Å². The fourth-order valence-corrected chi connectivity index (χ4v) is 3.73. The van der Waals surface area contributed by atoms with Crippen LogP contribution in [0.4, 0.5) is 0 Å². The maximum atomic E-state index is 12.1. The lowest BCUT2D eigenvalue weighted by molar-refractivity contribution is -0.121. The van der Waals surface area contributed by atoms with Crippen LogP contribution in [0.1, 0.15) is 28.9 Å². The third-order valence-electron chi connectivity index (χ3n) is 3.63. The van der Waals surface area contributed by atoms with Crippen LogP contribution in [0.2, 0.25) is 0 Å². The first-order chi connectivity index (χ1) is 11.6. The summed E-state index contributed by atoms with van der Waals surface area (Å²) in [7, 11) is 1.63. The molecule has 1 unspecified atom stereocenters. The van der Waals surface area contributed by atoms with E-state index in [1.165, 1.54) is 16.2 Å². The van der Waals surface area contributed by atoms with Gasteiger partial charge in [-0.05, 0) is 47.3 Å². The zero-order chi connectivity index (χ0) is 17.4. The molecule has 1 aromatic rings. The summed E-state index contributed by atoms with van der Waals surface area (Å²) < 4.78 is 11.9. The molecule has 0 saturated carbocycles. The van der Waals surface area contributed by atoms with Crippen molar-refractivity contribution in [1.29, 1.82) is 0 Å². The second-order valence-corrected chi connectivity index (χ2v) is 8.14. The van der Waals surface area contributed by atoms with Crippen LogP contribution in [-0.4, -0.2) is 62.8 Å². The van der Waals surface area contributed by atoms with E-state index in [9.17, 15) is 9.59 Å². The largest absolute Gasteiger partial charge is 0.379 e. The summed E-state index contributed by atoms with van der Waals surface area (Å²) in [6.07, 6.45) is 3.15. The average Bonchev–Trinajstić information content (AvgIpc) is 3.21. The van der Waals surface area contributed by atoms with Crippen molar-refractivity contribution in [3.8, 4) is 0 Å². The first-order valence-corrected chi connectivity index (χ1v) is 9.64. The highest BCUT2D eigenvalue weighted by Crippen LogP contribution is 2.22. The highest BCUT2D eigenvalue weighted by atomic mass is 79.9. The smallest absolute Gasteiger partial charge is 0.264 e. The number of hydrogen-bond donors (Lipinski definition) is 1. The normalized spacial score (nSPS) is 17.0. The predicted octanol–water partition coefficient (Wildman–Crippen LogP) is 2.28. The lowest BCUT2D eigenvalue weighted by Gasteiger charge is -2.16. The number of likely N-dealkylation sites (N-methyl/N-ethyl adjacent to an activating group) is 1. The maximum Gasteiger partial charge on any atom is 0.264 e. The number of rotatable bonds is 9. The van der Waals surface area contributed by atoms with E-state index in [1.807, 2.05) is 6.07 Å². The van der Waals surface area contributed by atoms with Gasteiger partial charge in [0.2, 0.25) is 5.91 Å². The average molecular weight is 419 g/mol. The van der Waals surface area contributed by atoms with Crippen molar-refractivity contribution >= 4 is 39.1 Å². The Morgan fingerprint density at radius 2 is 2.33 bits per heavy atom. The Hall–Kier alpha value is -0.960. The quantitative estimate of drug-likeness (QED) is 0.624. The molecular formula is C16H23BrN2O4S.